The van der Waals surface area contributed by atoms with Crippen molar-refractivity contribution in [1.29, 1.82) is 0 Å². The molecule has 1 aliphatic rings. The van der Waals surface area contributed by atoms with Crippen molar-refractivity contribution in [2.45, 2.75) is 46.2 Å². The van der Waals surface area contributed by atoms with Crippen LogP contribution in [0.3, 0.4) is 0 Å². The standard InChI is InChI=1S/C14H21NO3/c1-8-4-5-12(9(8)2)15-7-11-6-13(14(16)17)18-10(11)3/h6,8-9,12,15H,4-5,7H2,1-3H3,(H,16,17). The second kappa shape index (κ2) is 5.14. The van der Waals surface area contributed by atoms with Crippen molar-refractivity contribution < 1.29 is 14.3 Å². The van der Waals surface area contributed by atoms with Gasteiger partial charge in [-0.25, -0.2) is 4.79 Å². The van der Waals surface area contributed by atoms with Crippen molar-refractivity contribution in [1.82, 2.24) is 5.32 Å². The van der Waals surface area contributed by atoms with E-state index in [4.69, 9.17) is 9.52 Å². The van der Waals surface area contributed by atoms with E-state index >= 15 is 0 Å². The number of carboxylic acids is 1. The molecule has 1 aromatic heterocycles. The predicted molar refractivity (Wildman–Crippen MR) is 68.6 cm³/mol. The van der Waals surface area contributed by atoms with Crippen LogP contribution in [0.1, 0.15) is 48.6 Å². The van der Waals surface area contributed by atoms with E-state index in [1.807, 2.05) is 6.92 Å². The van der Waals surface area contributed by atoms with Crippen molar-refractivity contribution in [2.24, 2.45) is 11.8 Å². The van der Waals surface area contributed by atoms with E-state index in [1.54, 1.807) is 6.07 Å². The highest BCUT2D eigenvalue weighted by atomic mass is 16.4. The van der Waals surface area contributed by atoms with Crippen molar-refractivity contribution in [3.8, 4) is 0 Å². The first-order chi connectivity index (χ1) is 8.49. The molecule has 1 heterocycles. The Balaban J connectivity index is 1.96. The molecule has 3 atom stereocenters. The van der Waals surface area contributed by atoms with Gasteiger partial charge in [-0.1, -0.05) is 13.8 Å². The van der Waals surface area contributed by atoms with Crippen LogP contribution in [-0.4, -0.2) is 17.1 Å². The molecule has 3 unspecified atom stereocenters. The minimum atomic E-state index is -1.01. The molecule has 1 aliphatic carbocycles. The zero-order valence-corrected chi connectivity index (χ0v) is 11.2. The SMILES string of the molecule is Cc1oc(C(=O)O)cc1CNC1CCC(C)C1C. The van der Waals surface area contributed by atoms with Crippen LogP contribution < -0.4 is 5.32 Å². The van der Waals surface area contributed by atoms with E-state index < -0.39 is 5.97 Å². The first-order valence-corrected chi connectivity index (χ1v) is 6.55. The average molecular weight is 251 g/mol. The maximum Gasteiger partial charge on any atom is 0.371 e. The third kappa shape index (κ3) is 2.58. The number of nitrogens with one attached hydrogen (secondary N) is 1. The van der Waals surface area contributed by atoms with Crippen LogP contribution in [0.5, 0.6) is 0 Å². The van der Waals surface area contributed by atoms with Crippen LogP contribution in [-0.2, 0) is 6.54 Å². The van der Waals surface area contributed by atoms with Gasteiger partial charge >= 0.3 is 5.97 Å². The van der Waals surface area contributed by atoms with Crippen molar-refractivity contribution in [2.75, 3.05) is 0 Å². The second-order valence-electron chi connectivity index (χ2n) is 5.40. The van der Waals surface area contributed by atoms with Crippen LogP contribution >= 0.6 is 0 Å². The molecule has 2 N–H and O–H groups in total. The Labute approximate surface area is 107 Å². The summed E-state index contributed by atoms with van der Waals surface area (Å²) in [6.07, 6.45) is 2.47. The molecular weight excluding hydrogens is 230 g/mol. The number of hydrogen-bond donors (Lipinski definition) is 2. The van der Waals surface area contributed by atoms with Crippen LogP contribution in [0, 0.1) is 18.8 Å². The molecule has 0 radical (unpaired) electrons. The topological polar surface area (TPSA) is 62.5 Å². The lowest BCUT2D eigenvalue weighted by Gasteiger charge is -2.19. The number of carbonyl (C=O) groups is 1. The Hall–Kier alpha value is -1.29. The summed E-state index contributed by atoms with van der Waals surface area (Å²) in [5.74, 6) is 1.15. The number of furan rings is 1. The van der Waals surface area contributed by atoms with Gasteiger partial charge in [-0.2, -0.15) is 0 Å². The minimum Gasteiger partial charge on any atom is -0.475 e. The van der Waals surface area contributed by atoms with Gasteiger partial charge in [0, 0.05) is 18.2 Å². The molecule has 0 amide bonds. The van der Waals surface area contributed by atoms with E-state index in [0.717, 1.165) is 11.5 Å². The Kier molecular flexibility index (Phi) is 3.76. The third-order valence-electron chi connectivity index (χ3n) is 4.25. The fourth-order valence-electron chi connectivity index (χ4n) is 2.69. The molecule has 1 fully saturated rings. The quantitative estimate of drug-likeness (QED) is 0.863. The second-order valence-corrected chi connectivity index (χ2v) is 5.40. The fourth-order valence-corrected chi connectivity index (χ4v) is 2.69. The molecule has 0 spiro atoms. The summed E-state index contributed by atoms with van der Waals surface area (Å²) < 4.78 is 5.20. The smallest absolute Gasteiger partial charge is 0.371 e. The van der Waals surface area contributed by atoms with Gasteiger partial charge in [-0.15, -0.1) is 0 Å². The predicted octanol–water partition coefficient (Wildman–Crippen LogP) is 2.81. The molecule has 0 saturated heterocycles. The lowest BCUT2D eigenvalue weighted by Crippen LogP contribution is -2.31. The minimum absolute atomic E-state index is 0.0251. The summed E-state index contributed by atoms with van der Waals surface area (Å²) in [5, 5.41) is 12.4. The summed E-state index contributed by atoms with van der Waals surface area (Å²) in [4.78, 5) is 10.8. The van der Waals surface area contributed by atoms with Gasteiger partial charge in [-0.3, -0.25) is 0 Å². The first kappa shape index (κ1) is 13.1. The molecule has 100 valence electrons. The Morgan fingerprint density at radius 3 is 2.72 bits per heavy atom. The summed E-state index contributed by atoms with van der Waals surface area (Å²) in [6.45, 7) is 7.06. The molecule has 4 nitrogen and oxygen atoms in total. The van der Waals surface area contributed by atoms with Crippen LogP contribution in [0.2, 0.25) is 0 Å². The van der Waals surface area contributed by atoms with E-state index in [1.165, 1.54) is 12.8 Å². The van der Waals surface area contributed by atoms with E-state index in [2.05, 4.69) is 19.2 Å². The lowest BCUT2D eigenvalue weighted by molar-refractivity contribution is 0.0661. The van der Waals surface area contributed by atoms with Crippen LogP contribution in [0.25, 0.3) is 0 Å². The molecular formula is C14H21NO3. The molecule has 4 heteroatoms. The molecule has 18 heavy (non-hydrogen) atoms. The van der Waals surface area contributed by atoms with Gasteiger partial charge in [-0.05, 0) is 37.7 Å². The maximum absolute atomic E-state index is 10.8. The Morgan fingerprint density at radius 2 is 2.22 bits per heavy atom. The van der Waals surface area contributed by atoms with E-state index in [-0.39, 0.29) is 5.76 Å². The Bertz CT molecular complexity index is 438. The van der Waals surface area contributed by atoms with Crippen LogP contribution in [0.4, 0.5) is 0 Å². The van der Waals surface area contributed by atoms with Crippen molar-refractivity contribution >= 4 is 5.97 Å². The summed E-state index contributed by atoms with van der Waals surface area (Å²) in [7, 11) is 0. The zero-order valence-electron chi connectivity index (χ0n) is 11.2. The number of aryl methyl sites for hydroxylation is 1. The Morgan fingerprint density at radius 1 is 1.50 bits per heavy atom. The highest BCUT2D eigenvalue weighted by Crippen LogP contribution is 2.31. The number of carboxylic acid groups (broad SMARTS) is 1. The summed E-state index contributed by atoms with van der Waals surface area (Å²) in [5.41, 5.74) is 0.944. The van der Waals surface area contributed by atoms with Gasteiger partial charge in [0.1, 0.15) is 5.76 Å². The maximum atomic E-state index is 10.8. The monoisotopic (exact) mass is 251 g/mol. The highest BCUT2D eigenvalue weighted by Gasteiger charge is 2.29. The van der Waals surface area contributed by atoms with Gasteiger partial charge < -0.3 is 14.8 Å². The summed E-state index contributed by atoms with van der Waals surface area (Å²) in [6, 6.07) is 2.15. The fraction of sp³-hybridized carbons (Fsp3) is 0.643. The van der Waals surface area contributed by atoms with Crippen molar-refractivity contribution in [3.63, 3.8) is 0 Å². The molecule has 0 bridgehead atoms. The molecule has 0 aliphatic heterocycles. The number of hydrogen-bond acceptors (Lipinski definition) is 3. The van der Waals surface area contributed by atoms with Gasteiger partial charge in [0.25, 0.3) is 0 Å². The first-order valence-electron chi connectivity index (χ1n) is 6.55. The molecule has 1 saturated carbocycles. The third-order valence-corrected chi connectivity index (χ3v) is 4.25. The number of aromatic carboxylic acids is 1. The van der Waals surface area contributed by atoms with Crippen LogP contribution in [0.15, 0.2) is 10.5 Å². The molecule has 0 aromatic carbocycles. The lowest BCUT2D eigenvalue weighted by atomic mass is 9.98. The normalized spacial score (nSPS) is 27.6. The number of rotatable bonds is 4. The average Bonchev–Trinajstić information content (AvgIpc) is 2.83. The summed E-state index contributed by atoms with van der Waals surface area (Å²) >= 11 is 0. The highest BCUT2D eigenvalue weighted by molar-refractivity contribution is 5.84. The van der Waals surface area contributed by atoms with Crippen molar-refractivity contribution in [3.05, 3.63) is 23.2 Å². The van der Waals surface area contributed by atoms with Gasteiger partial charge in [0.2, 0.25) is 5.76 Å². The van der Waals surface area contributed by atoms with E-state index in [9.17, 15) is 4.79 Å². The van der Waals surface area contributed by atoms with E-state index in [0.29, 0.717) is 24.3 Å². The zero-order chi connectivity index (χ0) is 13.3. The van der Waals surface area contributed by atoms with Gasteiger partial charge in [0.05, 0.1) is 0 Å². The molecule has 2 rings (SSSR count). The molecule has 1 aromatic rings. The largest absolute Gasteiger partial charge is 0.475 e. The van der Waals surface area contributed by atoms with Gasteiger partial charge in [0.15, 0.2) is 0 Å².